The highest BCUT2D eigenvalue weighted by Gasteiger charge is 1.94. The molecule has 0 spiro atoms. The molecule has 16 heavy (non-hydrogen) atoms. The van der Waals surface area contributed by atoms with Crippen molar-refractivity contribution in [2.24, 2.45) is 27.4 Å². The third-order valence-corrected chi connectivity index (χ3v) is 1.60. The molecule has 0 amide bonds. The summed E-state index contributed by atoms with van der Waals surface area (Å²) in [7, 11) is 0. The number of anilines is 1. The van der Waals surface area contributed by atoms with Gasteiger partial charge in [-0.2, -0.15) is 0 Å². The normalized spacial score (nSPS) is 10.9. The number of thiocarbonyl (C=S) groups is 1. The van der Waals surface area contributed by atoms with Gasteiger partial charge < -0.3 is 22.6 Å². The zero-order chi connectivity index (χ0) is 12.0. The molecule has 86 valence electrons. The van der Waals surface area contributed by atoms with Crippen molar-refractivity contribution in [3.63, 3.8) is 0 Å². The van der Waals surface area contributed by atoms with E-state index in [9.17, 15) is 0 Å². The van der Waals surface area contributed by atoms with E-state index in [1.54, 1.807) is 24.3 Å². The van der Waals surface area contributed by atoms with E-state index < -0.39 is 6.29 Å². The average Bonchev–Trinajstić information content (AvgIpc) is 2.25. The highest BCUT2D eigenvalue weighted by Crippen LogP contribution is 2.15. The monoisotopic (exact) mass is 239 g/mol. The standard InChI is InChI=1S/C8H13N7S/c9-7(10)14-12-5-1-3-6(4-2-5)13-15-8(11)16/h1-4,7,12,14H,9-10H2,(H2,11,16). The number of hydrazine groups is 1. The van der Waals surface area contributed by atoms with Crippen molar-refractivity contribution in [3.8, 4) is 0 Å². The van der Waals surface area contributed by atoms with Crippen LogP contribution in [0.5, 0.6) is 0 Å². The van der Waals surface area contributed by atoms with E-state index in [1.165, 1.54) is 0 Å². The van der Waals surface area contributed by atoms with Gasteiger partial charge in [0.1, 0.15) is 6.29 Å². The largest absolute Gasteiger partial charge is 0.373 e. The maximum absolute atomic E-state index is 5.29. The molecular formula is C8H13N7S. The number of rotatable bonds is 4. The summed E-state index contributed by atoms with van der Waals surface area (Å²) >= 11 is 4.56. The number of hydrogen-bond donors (Lipinski definition) is 5. The van der Waals surface area contributed by atoms with Crippen LogP contribution in [-0.4, -0.2) is 11.4 Å². The minimum Gasteiger partial charge on any atom is -0.373 e. The van der Waals surface area contributed by atoms with Gasteiger partial charge in [-0.25, -0.2) is 5.43 Å². The van der Waals surface area contributed by atoms with Crippen LogP contribution in [0.2, 0.25) is 0 Å². The molecule has 0 saturated heterocycles. The van der Waals surface area contributed by atoms with Gasteiger partial charge in [0.25, 0.3) is 0 Å². The summed E-state index contributed by atoms with van der Waals surface area (Å²) in [6.07, 6.45) is -0.631. The number of nitrogens with two attached hydrogens (primary N) is 3. The van der Waals surface area contributed by atoms with Gasteiger partial charge in [0.2, 0.25) is 5.11 Å². The lowest BCUT2D eigenvalue weighted by Crippen LogP contribution is -2.47. The van der Waals surface area contributed by atoms with Crippen LogP contribution in [0.1, 0.15) is 0 Å². The first-order chi connectivity index (χ1) is 7.58. The van der Waals surface area contributed by atoms with Crippen molar-refractivity contribution < 1.29 is 0 Å². The Hall–Kier alpha value is -1.61. The summed E-state index contributed by atoms with van der Waals surface area (Å²) in [6.45, 7) is 0. The summed E-state index contributed by atoms with van der Waals surface area (Å²) in [5.41, 5.74) is 22.7. The van der Waals surface area contributed by atoms with Gasteiger partial charge in [-0.05, 0) is 36.5 Å². The Bertz CT molecular complexity index is 372. The first-order valence-corrected chi connectivity index (χ1v) is 4.82. The molecule has 0 fully saturated rings. The van der Waals surface area contributed by atoms with Crippen molar-refractivity contribution in [3.05, 3.63) is 24.3 Å². The Morgan fingerprint density at radius 1 is 1.25 bits per heavy atom. The fourth-order valence-electron chi connectivity index (χ4n) is 0.885. The SMILES string of the molecule is NC(=S)N=Nc1ccc(NNC(N)N)cc1. The molecule has 7 nitrogen and oxygen atoms in total. The topological polar surface area (TPSA) is 127 Å². The number of nitrogens with one attached hydrogen (secondary N) is 2. The molecule has 1 aromatic carbocycles. The number of nitrogens with zero attached hydrogens (tertiary/aromatic N) is 2. The fraction of sp³-hybridized carbons (Fsp3) is 0.125. The summed E-state index contributed by atoms with van der Waals surface area (Å²) in [4.78, 5) is 0. The Morgan fingerprint density at radius 2 is 1.88 bits per heavy atom. The van der Waals surface area contributed by atoms with Gasteiger partial charge >= 0.3 is 0 Å². The van der Waals surface area contributed by atoms with Crippen molar-refractivity contribution in [2.75, 3.05) is 5.43 Å². The maximum Gasteiger partial charge on any atom is 0.211 e. The van der Waals surface area contributed by atoms with E-state index in [2.05, 4.69) is 33.3 Å². The van der Waals surface area contributed by atoms with Crippen molar-refractivity contribution in [2.45, 2.75) is 6.29 Å². The summed E-state index contributed by atoms with van der Waals surface area (Å²) < 4.78 is 0. The average molecular weight is 239 g/mol. The number of benzene rings is 1. The second-order valence-electron chi connectivity index (χ2n) is 2.88. The van der Waals surface area contributed by atoms with Gasteiger partial charge in [0.15, 0.2) is 0 Å². The predicted octanol–water partition coefficient (Wildman–Crippen LogP) is 0.131. The van der Waals surface area contributed by atoms with Crippen molar-refractivity contribution in [1.29, 1.82) is 0 Å². The van der Waals surface area contributed by atoms with Crippen LogP contribution in [0.4, 0.5) is 11.4 Å². The fourth-order valence-corrected chi connectivity index (χ4v) is 0.926. The van der Waals surface area contributed by atoms with Crippen LogP contribution in [0.15, 0.2) is 34.5 Å². The van der Waals surface area contributed by atoms with Gasteiger partial charge in [-0.15, -0.1) is 10.2 Å². The molecule has 8 heteroatoms. The molecule has 8 N–H and O–H groups in total. The summed E-state index contributed by atoms with van der Waals surface area (Å²) in [6, 6.07) is 7.05. The van der Waals surface area contributed by atoms with Crippen molar-refractivity contribution in [1.82, 2.24) is 5.43 Å². The molecule has 1 aromatic rings. The Kier molecular flexibility index (Phi) is 4.73. The third-order valence-electron chi connectivity index (χ3n) is 1.51. The first kappa shape index (κ1) is 12.5. The summed E-state index contributed by atoms with van der Waals surface area (Å²) in [5, 5.41) is 7.36. The minimum atomic E-state index is -0.631. The molecular weight excluding hydrogens is 226 g/mol. The predicted molar refractivity (Wildman–Crippen MR) is 66.7 cm³/mol. The van der Waals surface area contributed by atoms with Gasteiger partial charge in [-0.3, -0.25) is 0 Å². The molecule has 1 rings (SSSR count). The van der Waals surface area contributed by atoms with E-state index in [-0.39, 0.29) is 5.11 Å². The van der Waals surface area contributed by atoms with Crippen LogP contribution in [-0.2, 0) is 0 Å². The molecule has 0 aromatic heterocycles. The Labute approximate surface area is 98.1 Å². The zero-order valence-corrected chi connectivity index (χ0v) is 9.24. The smallest absolute Gasteiger partial charge is 0.211 e. The second kappa shape index (κ2) is 6.08. The molecule has 0 saturated carbocycles. The van der Waals surface area contributed by atoms with Crippen LogP contribution in [0, 0.1) is 0 Å². The van der Waals surface area contributed by atoms with E-state index in [1.807, 2.05) is 0 Å². The van der Waals surface area contributed by atoms with Gasteiger partial charge in [-0.1, -0.05) is 0 Å². The van der Waals surface area contributed by atoms with Crippen LogP contribution in [0.3, 0.4) is 0 Å². The second-order valence-corrected chi connectivity index (χ2v) is 3.30. The molecule has 0 bridgehead atoms. The first-order valence-electron chi connectivity index (χ1n) is 4.42. The quantitative estimate of drug-likeness (QED) is 0.220. The minimum absolute atomic E-state index is 0.00188. The molecule has 0 atom stereocenters. The van der Waals surface area contributed by atoms with Gasteiger partial charge in [0, 0.05) is 5.69 Å². The molecule has 0 radical (unpaired) electrons. The zero-order valence-electron chi connectivity index (χ0n) is 8.42. The van der Waals surface area contributed by atoms with Gasteiger partial charge in [0.05, 0.1) is 5.69 Å². The van der Waals surface area contributed by atoms with Crippen LogP contribution < -0.4 is 28.1 Å². The molecule has 0 aliphatic carbocycles. The van der Waals surface area contributed by atoms with E-state index in [0.717, 1.165) is 5.69 Å². The van der Waals surface area contributed by atoms with Crippen molar-refractivity contribution >= 4 is 28.7 Å². The molecule has 0 heterocycles. The van der Waals surface area contributed by atoms with Crippen LogP contribution >= 0.6 is 12.2 Å². The van der Waals surface area contributed by atoms with Crippen LogP contribution in [0.25, 0.3) is 0 Å². The third kappa shape index (κ3) is 4.75. The number of hydrogen-bond acceptors (Lipinski definition) is 6. The lowest BCUT2D eigenvalue weighted by Gasteiger charge is -2.10. The van der Waals surface area contributed by atoms with E-state index in [4.69, 9.17) is 17.2 Å². The maximum atomic E-state index is 5.29. The highest BCUT2D eigenvalue weighted by atomic mass is 32.1. The Morgan fingerprint density at radius 3 is 2.38 bits per heavy atom. The molecule has 0 aliphatic rings. The lowest BCUT2D eigenvalue weighted by molar-refractivity contribution is 0.604. The summed E-state index contributed by atoms with van der Waals surface area (Å²) in [5.74, 6) is 0. The lowest BCUT2D eigenvalue weighted by atomic mass is 10.3. The highest BCUT2D eigenvalue weighted by molar-refractivity contribution is 7.80. The Balaban J connectivity index is 2.57. The van der Waals surface area contributed by atoms with E-state index >= 15 is 0 Å². The molecule has 0 unspecified atom stereocenters. The number of azo groups is 1. The molecule has 0 aliphatic heterocycles. The van der Waals surface area contributed by atoms with E-state index in [0.29, 0.717) is 5.69 Å².